The van der Waals surface area contributed by atoms with Crippen molar-refractivity contribution in [3.05, 3.63) is 80.0 Å². The zero-order valence-electron chi connectivity index (χ0n) is 19.9. The monoisotopic (exact) mass is 552 g/mol. The van der Waals surface area contributed by atoms with Gasteiger partial charge in [-0.3, -0.25) is 13.9 Å². The van der Waals surface area contributed by atoms with Crippen LogP contribution in [0.1, 0.15) is 24.9 Å². The molecule has 0 fully saturated rings. The molecule has 0 saturated carbocycles. The van der Waals surface area contributed by atoms with Crippen molar-refractivity contribution < 1.29 is 32.5 Å². The summed E-state index contributed by atoms with van der Waals surface area (Å²) in [4.78, 5) is 42.6. The topological polar surface area (TPSA) is 118 Å². The Morgan fingerprint density at radius 2 is 1.79 bits per heavy atom. The van der Waals surface area contributed by atoms with Crippen LogP contribution in [0.4, 0.5) is 13.2 Å². The summed E-state index contributed by atoms with van der Waals surface area (Å²) in [7, 11) is 1.32. The molecular weight excluding hydrogens is 533 g/mol. The summed E-state index contributed by atoms with van der Waals surface area (Å²) in [5.74, 6) is -2.01. The van der Waals surface area contributed by atoms with Gasteiger partial charge in [-0.1, -0.05) is 36.7 Å². The maximum atomic E-state index is 13.6. The van der Waals surface area contributed by atoms with Crippen LogP contribution in [0.5, 0.6) is 17.5 Å². The largest absolute Gasteiger partial charge is 0.573 e. The summed E-state index contributed by atoms with van der Waals surface area (Å²) < 4.78 is 50.7. The summed E-state index contributed by atoms with van der Waals surface area (Å²) in [5.41, 5.74) is -1.43. The number of aromatic nitrogens is 4. The van der Waals surface area contributed by atoms with E-state index in [-0.39, 0.29) is 35.9 Å². The second-order valence-corrected chi connectivity index (χ2v) is 8.62. The fraction of sp³-hybridized carbons (Fsp3) is 0.250. The molecule has 4 rings (SSSR count). The standard InChI is InChI=1S/C24H20ClF3N4O6/c1-3-17(21(34)35)32-20(33)18-19(30(2)23(32)36)29-22(31(18)12-13-7-9-14(25)10-8-13)37-15-5-4-6-16(11-15)38-24(26,27)28/h4-11,17H,3,12H2,1-2H3,(H,34,35). The van der Waals surface area contributed by atoms with Crippen molar-refractivity contribution in [3.8, 4) is 17.5 Å². The highest BCUT2D eigenvalue weighted by atomic mass is 35.5. The summed E-state index contributed by atoms with van der Waals surface area (Å²) >= 11 is 5.97. The Kier molecular flexibility index (Phi) is 7.22. The quantitative estimate of drug-likeness (QED) is 0.346. The third-order valence-electron chi connectivity index (χ3n) is 5.63. The summed E-state index contributed by atoms with van der Waals surface area (Å²) in [6.45, 7) is 1.49. The van der Waals surface area contributed by atoms with Gasteiger partial charge in [-0.25, -0.2) is 14.2 Å². The number of halogens is 4. The van der Waals surface area contributed by atoms with Crippen molar-refractivity contribution in [3.63, 3.8) is 0 Å². The number of carbonyl (C=O) groups is 1. The van der Waals surface area contributed by atoms with E-state index in [0.29, 0.717) is 15.2 Å². The van der Waals surface area contributed by atoms with Gasteiger partial charge in [0.25, 0.3) is 5.56 Å². The van der Waals surface area contributed by atoms with Crippen molar-refractivity contribution in [2.24, 2.45) is 7.05 Å². The second-order valence-electron chi connectivity index (χ2n) is 8.18. The lowest BCUT2D eigenvalue weighted by molar-refractivity contribution is -0.274. The third kappa shape index (κ3) is 5.37. The molecule has 0 aliphatic carbocycles. The molecule has 0 bridgehead atoms. The molecule has 200 valence electrons. The zero-order chi connectivity index (χ0) is 27.8. The fourth-order valence-corrected chi connectivity index (χ4v) is 4.02. The first kappa shape index (κ1) is 26.8. The number of carboxylic acids is 1. The van der Waals surface area contributed by atoms with E-state index in [1.165, 1.54) is 30.7 Å². The van der Waals surface area contributed by atoms with Crippen molar-refractivity contribution >= 4 is 28.7 Å². The number of nitrogens with zero attached hydrogens (tertiary/aromatic N) is 4. The van der Waals surface area contributed by atoms with Crippen LogP contribution < -0.4 is 20.7 Å². The average Bonchev–Trinajstić information content (AvgIpc) is 3.18. The molecule has 1 unspecified atom stereocenters. The van der Waals surface area contributed by atoms with Crippen molar-refractivity contribution in [1.29, 1.82) is 0 Å². The molecule has 0 amide bonds. The first-order valence-electron chi connectivity index (χ1n) is 11.1. The third-order valence-corrected chi connectivity index (χ3v) is 5.88. The number of ether oxygens (including phenoxy) is 2. The van der Waals surface area contributed by atoms with Crippen molar-refractivity contribution in [2.75, 3.05) is 0 Å². The molecule has 14 heteroatoms. The first-order chi connectivity index (χ1) is 17.9. The summed E-state index contributed by atoms with van der Waals surface area (Å²) in [6.07, 6.45) is -4.97. The minimum absolute atomic E-state index is 0.0287. The number of fused-ring (bicyclic) bond motifs is 1. The van der Waals surface area contributed by atoms with Crippen LogP contribution in [-0.2, 0) is 18.4 Å². The van der Waals surface area contributed by atoms with E-state index in [9.17, 15) is 32.7 Å². The number of aryl methyl sites for hydroxylation is 1. The molecule has 0 radical (unpaired) electrons. The Morgan fingerprint density at radius 3 is 2.39 bits per heavy atom. The van der Waals surface area contributed by atoms with E-state index < -0.39 is 35.4 Å². The van der Waals surface area contributed by atoms with Gasteiger partial charge in [0.1, 0.15) is 17.5 Å². The summed E-state index contributed by atoms with van der Waals surface area (Å²) in [6, 6.07) is 9.57. The number of benzene rings is 2. The zero-order valence-corrected chi connectivity index (χ0v) is 20.7. The minimum Gasteiger partial charge on any atom is -0.480 e. The lowest BCUT2D eigenvalue weighted by Crippen LogP contribution is -2.44. The van der Waals surface area contributed by atoms with Crippen LogP contribution in [0, 0.1) is 0 Å². The average molecular weight is 553 g/mol. The molecule has 0 spiro atoms. The highest BCUT2D eigenvalue weighted by Crippen LogP contribution is 2.30. The number of rotatable bonds is 8. The molecule has 0 aliphatic rings. The van der Waals surface area contributed by atoms with Crippen LogP contribution in [-0.4, -0.2) is 36.1 Å². The predicted octanol–water partition coefficient (Wildman–Crippen LogP) is 4.33. The Balaban J connectivity index is 1.93. The Morgan fingerprint density at radius 1 is 1.13 bits per heavy atom. The smallest absolute Gasteiger partial charge is 0.480 e. The molecule has 0 saturated heterocycles. The van der Waals surface area contributed by atoms with Crippen LogP contribution in [0.2, 0.25) is 5.02 Å². The van der Waals surface area contributed by atoms with Gasteiger partial charge in [0, 0.05) is 18.1 Å². The molecule has 2 aromatic heterocycles. The van der Waals surface area contributed by atoms with Gasteiger partial charge < -0.3 is 14.6 Å². The molecule has 1 atom stereocenters. The van der Waals surface area contributed by atoms with E-state index in [1.54, 1.807) is 24.3 Å². The number of imidazole rings is 1. The van der Waals surface area contributed by atoms with Crippen LogP contribution in [0.25, 0.3) is 11.2 Å². The number of carboxylic acid groups (broad SMARTS) is 1. The molecule has 2 heterocycles. The molecule has 38 heavy (non-hydrogen) atoms. The van der Waals surface area contributed by atoms with Crippen LogP contribution in [0.15, 0.2) is 58.1 Å². The highest BCUT2D eigenvalue weighted by molar-refractivity contribution is 6.30. The second kappa shape index (κ2) is 10.2. The molecule has 10 nitrogen and oxygen atoms in total. The van der Waals surface area contributed by atoms with E-state index >= 15 is 0 Å². The minimum atomic E-state index is -4.93. The Hall–Kier alpha value is -4.26. The lowest BCUT2D eigenvalue weighted by Gasteiger charge is -2.15. The highest BCUT2D eigenvalue weighted by Gasteiger charge is 2.31. The van der Waals surface area contributed by atoms with Crippen molar-refractivity contribution in [1.82, 2.24) is 18.7 Å². The number of hydrogen-bond donors (Lipinski definition) is 1. The number of aliphatic carboxylic acids is 1. The number of alkyl halides is 3. The maximum absolute atomic E-state index is 13.6. The van der Waals surface area contributed by atoms with Gasteiger partial charge in [-0.15, -0.1) is 13.2 Å². The lowest BCUT2D eigenvalue weighted by atomic mass is 10.2. The molecule has 4 aromatic rings. The predicted molar refractivity (Wildman–Crippen MR) is 130 cm³/mol. The van der Waals surface area contributed by atoms with Gasteiger partial charge in [-0.05, 0) is 36.2 Å². The van der Waals surface area contributed by atoms with E-state index in [2.05, 4.69) is 9.72 Å². The first-order valence-corrected chi connectivity index (χ1v) is 11.5. The Labute approximate surface area is 217 Å². The number of hydrogen-bond acceptors (Lipinski definition) is 6. The Bertz CT molecular complexity index is 1630. The van der Waals surface area contributed by atoms with Gasteiger partial charge in [-0.2, -0.15) is 4.98 Å². The molecular formula is C24H20ClF3N4O6. The van der Waals surface area contributed by atoms with Crippen LogP contribution in [0.3, 0.4) is 0 Å². The maximum Gasteiger partial charge on any atom is 0.573 e. The van der Waals surface area contributed by atoms with Crippen molar-refractivity contribution in [2.45, 2.75) is 32.3 Å². The van der Waals surface area contributed by atoms with E-state index in [4.69, 9.17) is 16.3 Å². The van der Waals surface area contributed by atoms with E-state index in [0.717, 1.165) is 16.7 Å². The van der Waals surface area contributed by atoms with E-state index in [1.807, 2.05) is 0 Å². The molecule has 0 aliphatic heterocycles. The van der Waals surface area contributed by atoms with Crippen LogP contribution >= 0.6 is 11.6 Å². The SMILES string of the molecule is CCC(C(=O)O)n1c(=O)c2c(nc(Oc3cccc(OC(F)(F)F)c3)n2Cc2ccc(Cl)cc2)n(C)c1=O. The molecule has 2 aromatic carbocycles. The van der Waals surface area contributed by atoms with Gasteiger partial charge in [0.15, 0.2) is 11.2 Å². The molecule has 1 N–H and O–H groups in total. The normalized spacial score (nSPS) is 12.5. The van der Waals surface area contributed by atoms with Gasteiger partial charge >= 0.3 is 24.0 Å². The fourth-order valence-electron chi connectivity index (χ4n) is 3.90. The van der Waals surface area contributed by atoms with Gasteiger partial charge in [0.05, 0.1) is 6.54 Å². The summed E-state index contributed by atoms with van der Waals surface area (Å²) in [5, 5.41) is 10.1. The van der Waals surface area contributed by atoms with Gasteiger partial charge in [0.2, 0.25) is 0 Å².